The van der Waals surface area contributed by atoms with Gasteiger partial charge in [-0.2, -0.15) is 0 Å². The van der Waals surface area contributed by atoms with Gasteiger partial charge >= 0.3 is 161 Å². The van der Waals surface area contributed by atoms with Gasteiger partial charge in [0.2, 0.25) is 0 Å². The molecule has 2 aromatic carbocycles. The van der Waals surface area contributed by atoms with E-state index in [1.807, 2.05) is 0 Å². The van der Waals surface area contributed by atoms with Crippen LogP contribution in [0.3, 0.4) is 0 Å². The van der Waals surface area contributed by atoms with E-state index < -0.39 is 64.1 Å². The summed E-state index contributed by atoms with van der Waals surface area (Å²) in [6, 6.07) is 9.12. The van der Waals surface area contributed by atoms with Gasteiger partial charge in [-0.1, -0.05) is 0 Å². The van der Waals surface area contributed by atoms with Gasteiger partial charge in [0.1, 0.15) is 0 Å². The average molecular weight is 601 g/mol. The Bertz CT molecular complexity index is 712. The zero-order chi connectivity index (χ0) is 17.4. The van der Waals surface area contributed by atoms with Gasteiger partial charge < -0.3 is 0 Å². The zero-order valence-electron chi connectivity index (χ0n) is 11.6. The van der Waals surface area contributed by atoms with Gasteiger partial charge in [-0.05, 0) is 0 Å². The van der Waals surface area contributed by atoms with Crippen LogP contribution in [0.2, 0.25) is 0 Å². The Morgan fingerprint density at radius 3 is 1.50 bits per heavy atom. The van der Waals surface area contributed by atoms with Crippen molar-refractivity contribution >= 4 is 81.2 Å². The molecule has 4 nitrogen and oxygen atoms in total. The first-order valence-corrected chi connectivity index (χ1v) is 15.8. The van der Waals surface area contributed by atoms with Crippen LogP contribution in [0.5, 0.6) is 0 Å². The van der Waals surface area contributed by atoms with Crippen LogP contribution < -0.4 is 10.9 Å². The third kappa shape index (κ3) is 3.70. The van der Waals surface area contributed by atoms with E-state index in [1.165, 1.54) is 12.1 Å². The van der Waals surface area contributed by atoms with Gasteiger partial charge in [0.05, 0.1) is 0 Å². The molecule has 0 saturated heterocycles. The Hall–Kier alpha value is 0.310. The molecule has 128 valence electrons. The fourth-order valence-corrected chi connectivity index (χ4v) is 9.46. The van der Waals surface area contributed by atoms with Crippen molar-refractivity contribution in [3.63, 3.8) is 0 Å². The molecule has 0 fully saturated rings. The zero-order valence-corrected chi connectivity index (χ0v) is 17.4. The maximum atomic E-state index is 13.0. The fraction of sp³-hybridized carbons (Fsp3) is 0. The molecule has 0 amide bonds. The molecule has 12 heteroatoms. The Labute approximate surface area is 160 Å². The summed E-state index contributed by atoms with van der Waals surface area (Å²) in [6.45, 7) is 0. The van der Waals surface area contributed by atoms with Crippen LogP contribution in [-0.2, 0) is 5.97 Å². The number of rotatable bonds is 0. The fourth-order valence-electron chi connectivity index (χ4n) is 2.09. The number of halogens is 6. The molecule has 0 aliphatic carbocycles. The SMILES string of the molecule is OB1OI(Cl)c2cccc(F)c21.OB1OI(Cl)c2cccc(F)c21. The average Bonchev–Trinajstić information content (AvgIpc) is 2.99. The van der Waals surface area contributed by atoms with Crippen LogP contribution in [0.25, 0.3) is 0 Å². The second-order valence-corrected chi connectivity index (χ2v) is 13.8. The maximum absolute atomic E-state index is 13.0. The first-order valence-electron chi connectivity index (χ1n) is 6.40. The topological polar surface area (TPSA) is 58.9 Å². The standard InChI is InChI=1S/2C6H4BClFIO2/c2*8-10-5-3-1-2-4(9)6(5)7(11)12-10/h2*1-3,11H. The second-order valence-electron chi connectivity index (χ2n) is 4.57. The predicted octanol–water partition coefficient (Wildman–Crippen LogP) is 2.58. The van der Waals surface area contributed by atoms with E-state index in [0.29, 0.717) is 7.14 Å². The molecule has 2 aliphatic rings. The summed E-state index contributed by atoms with van der Waals surface area (Å²) < 4.78 is 37.3. The van der Waals surface area contributed by atoms with Gasteiger partial charge in [0, 0.05) is 0 Å². The monoisotopic (exact) mass is 600 g/mol. The van der Waals surface area contributed by atoms with E-state index >= 15 is 0 Å². The number of benzene rings is 2. The summed E-state index contributed by atoms with van der Waals surface area (Å²) in [7, 11) is 9.31. The molecule has 0 spiro atoms. The molecule has 0 aromatic heterocycles. The molecule has 0 atom stereocenters. The molecule has 2 heterocycles. The van der Waals surface area contributed by atoms with Crippen molar-refractivity contribution in [2.45, 2.75) is 0 Å². The second kappa shape index (κ2) is 7.91. The van der Waals surface area contributed by atoms with Crippen molar-refractivity contribution in [1.29, 1.82) is 0 Å². The van der Waals surface area contributed by atoms with Crippen LogP contribution in [0.4, 0.5) is 8.78 Å². The minimum atomic E-state index is -2.22. The van der Waals surface area contributed by atoms with Gasteiger partial charge in [-0.15, -0.1) is 0 Å². The quantitative estimate of drug-likeness (QED) is 0.361. The minimum absolute atomic E-state index is 0.220. The predicted molar refractivity (Wildman–Crippen MR) is 107 cm³/mol. The van der Waals surface area contributed by atoms with Crippen LogP contribution in [0, 0.1) is 18.8 Å². The molecule has 0 radical (unpaired) electrons. The first-order chi connectivity index (χ1) is 11.4. The summed E-state index contributed by atoms with van der Waals surface area (Å²) >= 11 is -4.44. The molecule has 0 bridgehead atoms. The third-order valence-electron chi connectivity index (χ3n) is 3.14. The molecule has 4 rings (SSSR count). The van der Waals surface area contributed by atoms with Gasteiger partial charge in [-0.3, -0.25) is 0 Å². The molecule has 2 aromatic rings. The third-order valence-corrected chi connectivity index (χ3v) is 11.7. The molecule has 0 unspecified atom stereocenters. The van der Waals surface area contributed by atoms with Gasteiger partial charge in [0.15, 0.2) is 0 Å². The van der Waals surface area contributed by atoms with Crippen molar-refractivity contribution in [2.75, 3.05) is 0 Å². The number of hydrogen-bond acceptors (Lipinski definition) is 4. The normalized spacial score (nSPS) is 18.2. The van der Waals surface area contributed by atoms with Crippen LogP contribution in [-0.4, -0.2) is 24.3 Å². The summed E-state index contributed by atoms with van der Waals surface area (Å²) in [4.78, 5) is 0. The summed E-state index contributed by atoms with van der Waals surface area (Å²) in [6.07, 6.45) is 0. The van der Waals surface area contributed by atoms with Crippen molar-refractivity contribution in [3.05, 3.63) is 55.2 Å². The van der Waals surface area contributed by atoms with E-state index in [4.69, 9.17) is 23.8 Å². The van der Waals surface area contributed by atoms with Crippen molar-refractivity contribution in [3.8, 4) is 0 Å². The summed E-state index contributed by atoms with van der Waals surface area (Å²) in [5.41, 5.74) is 0.440. The molecular formula is C12H8B2Cl2F2I2O4. The van der Waals surface area contributed by atoms with E-state index in [2.05, 4.69) is 0 Å². The molecule has 2 aliphatic heterocycles. The van der Waals surface area contributed by atoms with Crippen LogP contribution >= 0.6 is 56.0 Å². The van der Waals surface area contributed by atoms with E-state index in [-0.39, 0.29) is 10.9 Å². The van der Waals surface area contributed by atoms with Gasteiger partial charge in [-0.25, -0.2) is 0 Å². The molecular weight excluding hydrogens is 592 g/mol. The van der Waals surface area contributed by atoms with Crippen molar-refractivity contribution in [1.82, 2.24) is 0 Å². The van der Waals surface area contributed by atoms with Crippen LogP contribution in [0.1, 0.15) is 0 Å². The Morgan fingerprint density at radius 2 is 1.17 bits per heavy atom. The van der Waals surface area contributed by atoms with Gasteiger partial charge in [0.25, 0.3) is 0 Å². The van der Waals surface area contributed by atoms with E-state index in [1.54, 1.807) is 24.3 Å². The first kappa shape index (κ1) is 19.1. The van der Waals surface area contributed by atoms with Crippen molar-refractivity contribution in [2.24, 2.45) is 0 Å². The number of hydrogen-bond donors (Lipinski definition) is 2. The van der Waals surface area contributed by atoms with E-state index in [9.17, 15) is 18.8 Å². The summed E-state index contributed by atoms with van der Waals surface area (Å²) in [5, 5.41) is 18.5. The molecule has 2 N–H and O–H groups in total. The number of fused-ring (bicyclic) bond motifs is 2. The molecule has 0 saturated carbocycles. The van der Waals surface area contributed by atoms with Crippen molar-refractivity contribution < 1.29 is 24.8 Å². The Morgan fingerprint density at radius 1 is 0.792 bits per heavy atom. The van der Waals surface area contributed by atoms with E-state index in [0.717, 1.165) is 0 Å². The van der Waals surface area contributed by atoms with Crippen LogP contribution in [0.15, 0.2) is 36.4 Å². The summed E-state index contributed by atoms with van der Waals surface area (Å²) in [5.74, 6) is -0.888. The Kier molecular flexibility index (Phi) is 6.29. The Balaban J connectivity index is 0.000000141. The molecule has 24 heavy (non-hydrogen) atoms.